The van der Waals surface area contributed by atoms with Gasteiger partial charge in [-0.05, 0) is 25.0 Å². The SMILES string of the molecule is Cc1nc(-c2ccccc2NC(=O)N2CCN(C(=O)C3CCCO3)CC2)no1. The van der Waals surface area contributed by atoms with Crippen molar-refractivity contribution in [1.82, 2.24) is 19.9 Å². The Morgan fingerprint density at radius 3 is 2.57 bits per heavy atom. The summed E-state index contributed by atoms with van der Waals surface area (Å²) in [7, 11) is 0. The zero-order chi connectivity index (χ0) is 19.5. The predicted molar refractivity (Wildman–Crippen MR) is 101 cm³/mol. The van der Waals surface area contributed by atoms with Crippen LogP contribution in [0, 0.1) is 6.92 Å². The van der Waals surface area contributed by atoms with Crippen molar-refractivity contribution in [3.63, 3.8) is 0 Å². The topological polar surface area (TPSA) is 101 Å². The van der Waals surface area contributed by atoms with Crippen LogP contribution in [0.15, 0.2) is 28.8 Å². The lowest BCUT2D eigenvalue weighted by atomic mass is 10.1. The molecule has 4 rings (SSSR count). The lowest BCUT2D eigenvalue weighted by molar-refractivity contribution is -0.142. The fourth-order valence-corrected chi connectivity index (χ4v) is 3.50. The number of nitrogens with one attached hydrogen (secondary N) is 1. The van der Waals surface area contributed by atoms with E-state index >= 15 is 0 Å². The molecule has 148 valence electrons. The van der Waals surface area contributed by atoms with Crippen LogP contribution in [0.3, 0.4) is 0 Å². The van der Waals surface area contributed by atoms with E-state index in [1.54, 1.807) is 22.8 Å². The van der Waals surface area contributed by atoms with Gasteiger partial charge < -0.3 is 24.4 Å². The van der Waals surface area contributed by atoms with Crippen LogP contribution in [0.1, 0.15) is 18.7 Å². The molecule has 1 aromatic carbocycles. The van der Waals surface area contributed by atoms with E-state index in [9.17, 15) is 9.59 Å². The van der Waals surface area contributed by atoms with Crippen molar-refractivity contribution in [3.05, 3.63) is 30.2 Å². The highest BCUT2D eigenvalue weighted by Crippen LogP contribution is 2.26. The number of benzene rings is 1. The van der Waals surface area contributed by atoms with Gasteiger partial charge in [-0.15, -0.1) is 0 Å². The lowest BCUT2D eigenvalue weighted by Gasteiger charge is -2.35. The monoisotopic (exact) mass is 385 g/mol. The maximum absolute atomic E-state index is 12.7. The molecule has 1 aromatic heterocycles. The summed E-state index contributed by atoms with van der Waals surface area (Å²) in [6.07, 6.45) is 1.40. The molecule has 1 unspecified atom stereocenters. The summed E-state index contributed by atoms with van der Waals surface area (Å²) in [4.78, 5) is 32.9. The standard InChI is InChI=1S/C19H23N5O4/c1-13-20-17(22-28-13)14-5-2-3-6-15(14)21-19(26)24-10-8-23(9-11-24)18(25)16-7-4-12-27-16/h2-3,5-6,16H,4,7-12H2,1H3,(H,21,26). The van der Waals surface area contributed by atoms with Crippen molar-refractivity contribution in [2.45, 2.75) is 25.9 Å². The number of ether oxygens (including phenoxy) is 1. The van der Waals surface area contributed by atoms with Gasteiger partial charge in [0, 0.05) is 45.3 Å². The number of hydrogen-bond acceptors (Lipinski definition) is 6. The largest absolute Gasteiger partial charge is 0.368 e. The van der Waals surface area contributed by atoms with E-state index < -0.39 is 0 Å². The van der Waals surface area contributed by atoms with Gasteiger partial charge in [0.2, 0.25) is 11.7 Å². The molecule has 3 amide bonds. The predicted octanol–water partition coefficient (Wildman–Crippen LogP) is 1.90. The molecule has 0 aliphatic carbocycles. The van der Waals surface area contributed by atoms with Gasteiger partial charge in [-0.25, -0.2) is 4.79 Å². The fourth-order valence-electron chi connectivity index (χ4n) is 3.50. The zero-order valence-corrected chi connectivity index (χ0v) is 15.8. The Labute approximate surface area is 162 Å². The first-order valence-corrected chi connectivity index (χ1v) is 9.48. The van der Waals surface area contributed by atoms with Crippen molar-refractivity contribution >= 4 is 17.6 Å². The number of para-hydroxylation sites is 1. The molecule has 9 heteroatoms. The summed E-state index contributed by atoms with van der Waals surface area (Å²) in [6, 6.07) is 7.11. The minimum absolute atomic E-state index is 0.0374. The lowest BCUT2D eigenvalue weighted by Crippen LogP contribution is -2.53. The van der Waals surface area contributed by atoms with E-state index in [2.05, 4.69) is 15.5 Å². The minimum Gasteiger partial charge on any atom is -0.368 e. The summed E-state index contributed by atoms with van der Waals surface area (Å²) < 4.78 is 10.5. The summed E-state index contributed by atoms with van der Waals surface area (Å²) in [6.45, 7) is 4.35. The normalized spacial score (nSPS) is 19.7. The number of carbonyl (C=O) groups is 2. The van der Waals surface area contributed by atoms with Gasteiger partial charge in [0.15, 0.2) is 0 Å². The first kappa shape index (κ1) is 18.4. The third-order valence-electron chi connectivity index (χ3n) is 5.02. The van der Waals surface area contributed by atoms with Gasteiger partial charge in [0.05, 0.1) is 5.69 Å². The van der Waals surface area contributed by atoms with E-state index in [0.717, 1.165) is 12.8 Å². The van der Waals surface area contributed by atoms with Crippen LogP contribution in [0.5, 0.6) is 0 Å². The second-order valence-corrected chi connectivity index (χ2v) is 6.93. The Balaban J connectivity index is 1.37. The van der Waals surface area contributed by atoms with Crippen LogP contribution >= 0.6 is 0 Å². The summed E-state index contributed by atoms with van der Waals surface area (Å²) in [5, 5.41) is 6.85. The number of rotatable bonds is 3. The molecule has 2 aromatic rings. The molecule has 2 aliphatic rings. The average molecular weight is 385 g/mol. The number of aryl methyl sites for hydroxylation is 1. The number of aromatic nitrogens is 2. The average Bonchev–Trinajstić information content (AvgIpc) is 3.40. The molecule has 2 fully saturated rings. The molecule has 28 heavy (non-hydrogen) atoms. The van der Waals surface area contributed by atoms with Crippen molar-refractivity contribution < 1.29 is 18.8 Å². The number of nitrogens with zero attached hydrogens (tertiary/aromatic N) is 4. The molecular weight excluding hydrogens is 362 g/mol. The smallest absolute Gasteiger partial charge is 0.321 e. The number of anilines is 1. The van der Waals surface area contributed by atoms with Crippen molar-refractivity contribution in [2.75, 3.05) is 38.1 Å². The molecule has 0 spiro atoms. The van der Waals surface area contributed by atoms with Gasteiger partial charge in [0.25, 0.3) is 5.91 Å². The highest BCUT2D eigenvalue weighted by atomic mass is 16.5. The third-order valence-corrected chi connectivity index (χ3v) is 5.02. The van der Waals surface area contributed by atoms with Crippen LogP contribution < -0.4 is 5.32 Å². The van der Waals surface area contributed by atoms with Crippen LogP contribution in [-0.4, -0.2) is 70.8 Å². The zero-order valence-electron chi connectivity index (χ0n) is 15.8. The number of piperazine rings is 1. The van der Waals surface area contributed by atoms with Crippen LogP contribution in [0.4, 0.5) is 10.5 Å². The summed E-state index contributed by atoms with van der Waals surface area (Å²) >= 11 is 0. The quantitative estimate of drug-likeness (QED) is 0.866. The molecule has 9 nitrogen and oxygen atoms in total. The van der Waals surface area contributed by atoms with E-state index in [1.165, 1.54) is 0 Å². The van der Waals surface area contributed by atoms with E-state index in [-0.39, 0.29) is 18.0 Å². The highest BCUT2D eigenvalue weighted by Gasteiger charge is 2.31. The van der Waals surface area contributed by atoms with E-state index in [1.807, 2.05) is 18.2 Å². The van der Waals surface area contributed by atoms with Crippen LogP contribution in [0.25, 0.3) is 11.4 Å². The Hall–Kier alpha value is -2.94. The second-order valence-electron chi connectivity index (χ2n) is 6.93. The molecule has 1 atom stereocenters. The molecule has 3 heterocycles. The van der Waals surface area contributed by atoms with Gasteiger partial charge in [0.1, 0.15) is 6.10 Å². The van der Waals surface area contributed by atoms with Gasteiger partial charge in [-0.1, -0.05) is 17.3 Å². The number of hydrogen-bond donors (Lipinski definition) is 1. The van der Waals surface area contributed by atoms with E-state index in [4.69, 9.17) is 9.26 Å². The summed E-state index contributed by atoms with van der Waals surface area (Å²) in [5.41, 5.74) is 1.31. The third kappa shape index (κ3) is 3.84. The van der Waals surface area contributed by atoms with Gasteiger partial charge in [-0.3, -0.25) is 4.79 Å². The number of urea groups is 1. The van der Waals surface area contributed by atoms with Crippen molar-refractivity contribution in [2.24, 2.45) is 0 Å². The molecule has 1 N–H and O–H groups in total. The van der Waals surface area contributed by atoms with Crippen molar-refractivity contribution in [3.8, 4) is 11.4 Å². The first-order chi connectivity index (χ1) is 13.6. The molecule has 2 saturated heterocycles. The molecule has 2 aliphatic heterocycles. The Morgan fingerprint density at radius 2 is 1.89 bits per heavy atom. The molecule has 0 radical (unpaired) electrons. The number of carbonyl (C=O) groups excluding carboxylic acids is 2. The van der Waals surface area contributed by atoms with E-state index in [0.29, 0.717) is 55.8 Å². The van der Waals surface area contributed by atoms with Gasteiger partial charge in [-0.2, -0.15) is 4.98 Å². The Kier molecular flexibility index (Phi) is 5.25. The second kappa shape index (κ2) is 7.97. The maximum atomic E-state index is 12.7. The first-order valence-electron chi connectivity index (χ1n) is 9.48. The van der Waals surface area contributed by atoms with Crippen LogP contribution in [-0.2, 0) is 9.53 Å². The fraction of sp³-hybridized carbons (Fsp3) is 0.474. The molecule has 0 saturated carbocycles. The van der Waals surface area contributed by atoms with Crippen molar-refractivity contribution in [1.29, 1.82) is 0 Å². The Bertz CT molecular complexity index is 854. The molecular formula is C19H23N5O4. The maximum Gasteiger partial charge on any atom is 0.321 e. The highest BCUT2D eigenvalue weighted by molar-refractivity contribution is 5.93. The Morgan fingerprint density at radius 1 is 1.14 bits per heavy atom. The minimum atomic E-state index is -0.314. The van der Waals surface area contributed by atoms with Gasteiger partial charge >= 0.3 is 6.03 Å². The number of amides is 3. The van der Waals surface area contributed by atoms with Crippen LogP contribution in [0.2, 0.25) is 0 Å². The molecule has 0 bridgehead atoms. The summed E-state index contributed by atoms with van der Waals surface area (Å²) in [5.74, 6) is 0.930.